The monoisotopic (exact) mass is 260 g/mol. The van der Waals surface area contributed by atoms with Gasteiger partial charge in [0, 0.05) is 17.7 Å². The second kappa shape index (κ2) is 5.26. The molecule has 0 aromatic heterocycles. The number of nitrogens with zero attached hydrogens (tertiary/aromatic N) is 1. The number of rotatable bonds is 4. The number of nitrogens with two attached hydrogens (primary N) is 1. The van der Waals surface area contributed by atoms with Crippen LogP contribution >= 0.6 is 0 Å². The molecule has 0 aliphatic rings. The number of nitroso groups, excluding NO2 is 1. The van der Waals surface area contributed by atoms with Gasteiger partial charge in [0.25, 0.3) is 0 Å². The lowest BCUT2D eigenvalue weighted by atomic mass is 10.2. The Kier molecular flexibility index (Phi) is 3.51. The van der Waals surface area contributed by atoms with Crippen molar-refractivity contribution >= 4 is 17.7 Å². The van der Waals surface area contributed by atoms with Gasteiger partial charge < -0.3 is 10.5 Å². The number of carbonyl (C=O) groups excluding carboxylic acids is 1. The summed E-state index contributed by atoms with van der Waals surface area (Å²) < 4.78 is 18.8. The minimum atomic E-state index is -0.852. The van der Waals surface area contributed by atoms with Gasteiger partial charge >= 0.3 is 0 Å². The lowest BCUT2D eigenvalue weighted by Gasteiger charge is -2.07. The first-order chi connectivity index (χ1) is 9.13. The van der Waals surface area contributed by atoms with Crippen LogP contribution in [0.2, 0.25) is 0 Å². The van der Waals surface area contributed by atoms with E-state index in [0.29, 0.717) is 17.6 Å². The third-order valence-electron chi connectivity index (χ3n) is 2.41. The molecule has 0 atom stereocenters. The number of aldehydes is 1. The molecule has 19 heavy (non-hydrogen) atoms. The maximum absolute atomic E-state index is 13.4. The molecule has 0 radical (unpaired) electrons. The molecule has 2 aromatic rings. The average Bonchev–Trinajstić information content (AvgIpc) is 2.39. The van der Waals surface area contributed by atoms with E-state index in [1.807, 2.05) is 0 Å². The molecule has 5 nitrogen and oxygen atoms in total. The third-order valence-corrected chi connectivity index (χ3v) is 2.41. The zero-order valence-electron chi connectivity index (χ0n) is 9.67. The zero-order valence-corrected chi connectivity index (χ0v) is 9.67. The molecule has 96 valence electrons. The van der Waals surface area contributed by atoms with Crippen molar-refractivity contribution in [2.24, 2.45) is 5.18 Å². The molecule has 0 spiro atoms. The summed E-state index contributed by atoms with van der Waals surface area (Å²) in [4.78, 5) is 20.8. The number of halogens is 1. The highest BCUT2D eigenvalue weighted by atomic mass is 19.1. The van der Waals surface area contributed by atoms with Gasteiger partial charge in [-0.15, -0.1) is 4.91 Å². The first-order valence-electron chi connectivity index (χ1n) is 5.29. The van der Waals surface area contributed by atoms with Gasteiger partial charge in [-0.1, -0.05) is 0 Å². The fourth-order valence-electron chi connectivity index (χ4n) is 1.50. The third kappa shape index (κ3) is 2.74. The Hall–Kier alpha value is -2.76. The molecule has 0 saturated carbocycles. The molecule has 2 rings (SSSR count). The number of nitrogen functional groups attached to an aromatic ring is 1. The van der Waals surface area contributed by atoms with Crippen LogP contribution in [0.1, 0.15) is 10.4 Å². The summed E-state index contributed by atoms with van der Waals surface area (Å²) in [6, 6.07) is 8.55. The summed E-state index contributed by atoms with van der Waals surface area (Å²) in [6.07, 6.45) is 0.700. The minimum absolute atomic E-state index is 0.102. The predicted molar refractivity (Wildman–Crippen MR) is 68.2 cm³/mol. The summed E-state index contributed by atoms with van der Waals surface area (Å²) >= 11 is 0. The van der Waals surface area contributed by atoms with Crippen LogP contribution in [0, 0.1) is 10.7 Å². The Labute approximate surface area is 107 Å². The second-order valence-electron chi connectivity index (χ2n) is 3.72. The number of hydrogen-bond acceptors (Lipinski definition) is 5. The molecule has 2 N–H and O–H groups in total. The van der Waals surface area contributed by atoms with Gasteiger partial charge in [0.15, 0.2) is 11.5 Å². The van der Waals surface area contributed by atoms with Crippen molar-refractivity contribution in [2.45, 2.75) is 0 Å². The number of anilines is 1. The van der Waals surface area contributed by atoms with Crippen LogP contribution in [0.4, 0.5) is 15.8 Å². The van der Waals surface area contributed by atoms with E-state index in [2.05, 4.69) is 5.18 Å². The molecule has 6 heteroatoms. The molecule has 2 aromatic carbocycles. The van der Waals surface area contributed by atoms with E-state index in [0.717, 1.165) is 6.07 Å². The molecule has 0 amide bonds. The highest BCUT2D eigenvalue weighted by Crippen LogP contribution is 2.32. The summed E-state index contributed by atoms with van der Waals surface area (Å²) in [7, 11) is 0. The zero-order chi connectivity index (χ0) is 13.8. The van der Waals surface area contributed by atoms with Gasteiger partial charge in [-0.2, -0.15) is 0 Å². The van der Waals surface area contributed by atoms with Crippen LogP contribution in [0.25, 0.3) is 0 Å². The maximum Gasteiger partial charge on any atom is 0.166 e. The van der Waals surface area contributed by atoms with E-state index in [9.17, 15) is 14.1 Å². The van der Waals surface area contributed by atoms with Crippen molar-refractivity contribution in [2.75, 3.05) is 5.73 Å². The Morgan fingerprint density at radius 1 is 1.16 bits per heavy atom. The van der Waals surface area contributed by atoms with Crippen molar-refractivity contribution in [3.8, 4) is 11.5 Å². The van der Waals surface area contributed by atoms with Crippen molar-refractivity contribution in [1.29, 1.82) is 0 Å². The van der Waals surface area contributed by atoms with Gasteiger partial charge in [0.2, 0.25) is 0 Å². The summed E-state index contributed by atoms with van der Waals surface area (Å²) in [5.41, 5.74) is 5.43. The molecule has 0 fully saturated rings. The van der Waals surface area contributed by atoms with E-state index in [1.165, 1.54) is 6.07 Å². The average molecular weight is 260 g/mol. The van der Waals surface area contributed by atoms with E-state index in [-0.39, 0.29) is 11.4 Å². The SMILES string of the molecule is Nc1cc(Oc2ccc(C=O)cc2)cc(F)c1N=O. The molecule has 0 saturated heterocycles. The van der Waals surface area contributed by atoms with Crippen LogP contribution in [0.15, 0.2) is 41.6 Å². The smallest absolute Gasteiger partial charge is 0.166 e. The van der Waals surface area contributed by atoms with Gasteiger partial charge in [-0.05, 0) is 29.4 Å². The molecule has 0 aliphatic carbocycles. The highest BCUT2D eigenvalue weighted by molar-refractivity contribution is 5.74. The maximum atomic E-state index is 13.4. The summed E-state index contributed by atoms with van der Waals surface area (Å²) in [5, 5.41) is 2.50. The number of benzene rings is 2. The van der Waals surface area contributed by atoms with E-state index in [4.69, 9.17) is 10.5 Å². The van der Waals surface area contributed by atoms with Crippen LogP contribution in [0.3, 0.4) is 0 Å². The second-order valence-corrected chi connectivity index (χ2v) is 3.72. The lowest BCUT2D eigenvalue weighted by molar-refractivity contribution is 0.112. The Bertz CT molecular complexity index is 603. The number of hydrogen-bond donors (Lipinski definition) is 1. The number of carbonyl (C=O) groups is 1. The van der Waals surface area contributed by atoms with Gasteiger partial charge in [0.1, 0.15) is 17.8 Å². The predicted octanol–water partition coefficient (Wildman–Crippen LogP) is 3.41. The van der Waals surface area contributed by atoms with Crippen molar-refractivity contribution < 1.29 is 13.9 Å². The van der Waals surface area contributed by atoms with Crippen LogP contribution in [-0.4, -0.2) is 6.29 Å². The molecule has 0 aliphatic heterocycles. The van der Waals surface area contributed by atoms with E-state index < -0.39 is 11.5 Å². The fourth-order valence-corrected chi connectivity index (χ4v) is 1.50. The summed E-state index contributed by atoms with van der Waals surface area (Å²) in [5.74, 6) is -0.299. The van der Waals surface area contributed by atoms with E-state index >= 15 is 0 Å². The largest absolute Gasteiger partial charge is 0.457 e. The van der Waals surface area contributed by atoms with Crippen LogP contribution in [0.5, 0.6) is 11.5 Å². The first kappa shape index (κ1) is 12.7. The topological polar surface area (TPSA) is 81.8 Å². The first-order valence-corrected chi connectivity index (χ1v) is 5.29. The van der Waals surface area contributed by atoms with Crippen molar-refractivity contribution in [3.05, 3.63) is 52.7 Å². The van der Waals surface area contributed by atoms with Gasteiger partial charge in [-0.3, -0.25) is 4.79 Å². The van der Waals surface area contributed by atoms with Gasteiger partial charge in [-0.25, -0.2) is 4.39 Å². The Morgan fingerprint density at radius 3 is 2.37 bits per heavy atom. The molecule has 0 heterocycles. The number of ether oxygens (including phenoxy) is 1. The van der Waals surface area contributed by atoms with E-state index in [1.54, 1.807) is 24.3 Å². The minimum Gasteiger partial charge on any atom is -0.457 e. The van der Waals surface area contributed by atoms with Gasteiger partial charge in [0.05, 0.1) is 5.69 Å². The Morgan fingerprint density at radius 2 is 1.84 bits per heavy atom. The summed E-state index contributed by atoms with van der Waals surface area (Å²) in [6.45, 7) is 0. The highest BCUT2D eigenvalue weighted by Gasteiger charge is 2.10. The van der Waals surface area contributed by atoms with Crippen molar-refractivity contribution in [3.63, 3.8) is 0 Å². The lowest BCUT2D eigenvalue weighted by Crippen LogP contribution is -1.92. The molecular formula is C13H9FN2O3. The van der Waals surface area contributed by atoms with Crippen molar-refractivity contribution in [1.82, 2.24) is 0 Å². The molecular weight excluding hydrogens is 251 g/mol. The standard InChI is InChI=1S/C13H9FN2O3/c14-11-5-10(6-12(15)13(11)16-18)19-9-3-1-8(7-17)2-4-9/h1-7H,15H2. The normalized spacial score (nSPS) is 9.95. The quantitative estimate of drug-likeness (QED) is 0.518. The Balaban J connectivity index is 2.27. The fraction of sp³-hybridized carbons (Fsp3) is 0. The molecule has 0 bridgehead atoms. The van der Waals surface area contributed by atoms with Crippen LogP contribution in [-0.2, 0) is 0 Å². The van der Waals surface area contributed by atoms with Crippen LogP contribution < -0.4 is 10.5 Å². The molecule has 0 unspecified atom stereocenters.